The van der Waals surface area contributed by atoms with E-state index in [0.29, 0.717) is 37.4 Å². The summed E-state index contributed by atoms with van der Waals surface area (Å²) in [4.78, 5) is 25.1. The first kappa shape index (κ1) is 19.1. The molecular formula is C16H25N3O4. The number of carbonyl (C=O) groups excluding carboxylic acids is 2. The summed E-state index contributed by atoms with van der Waals surface area (Å²) in [6.07, 6.45) is 0.366. The Balaban J connectivity index is 2.42. The van der Waals surface area contributed by atoms with E-state index in [1.807, 2.05) is 0 Å². The highest BCUT2D eigenvalue weighted by molar-refractivity contribution is 5.94. The lowest BCUT2D eigenvalue weighted by Gasteiger charge is -2.21. The lowest BCUT2D eigenvalue weighted by atomic mass is 10.2. The van der Waals surface area contributed by atoms with Crippen molar-refractivity contribution in [2.75, 3.05) is 52.4 Å². The first-order chi connectivity index (χ1) is 11.1. The minimum Gasteiger partial charge on any atom is -0.383 e. The fourth-order valence-corrected chi connectivity index (χ4v) is 1.98. The van der Waals surface area contributed by atoms with Crippen molar-refractivity contribution in [2.45, 2.75) is 6.42 Å². The largest absolute Gasteiger partial charge is 0.383 e. The Bertz CT molecular complexity index is 483. The summed E-state index contributed by atoms with van der Waals surface area (Å²) in [5, 5.41) is 2.80. The normalized spacial score (nSPS) is 10.7. The maximum absolute atomic E-state index is 12.0. The van der Waals surface area contributed by atoms with Gasteiger partial charge in [0.25, 0.3) is 0 Å². The Morgan fingerprint density at radius 3 is 2.09 bits per heavy atom. The average molecular weight is 323 g/mol. The molecule has 0 fully saturated rings. The van der Waals surface area contributed by atoms with Crippen LogP contribution in [0.3, 0.4) is 0 Å². The molecule has 0 bridgehead atoms. The minimum absolute atomic E-state index is 0.0864. The average Bonchev–Trinajstić information content (AvgIpc) is 2.54. The van der Waals surface area contributed by atoms with Gasteiger partial charge in [0.1, 0.15) is 0 Å². The molecule has 0 aliphatic heterocycles. The van der Waals surface area contributed by atoms with Crippen molar-refractivity contribution < 1.29 is 19.1 Å². The minimum atomic E-state index is -0.491. The number of amides is 2. The fourth-order valence-electron chi connectivity index (χ4n) is 1.98. The second-order valence-electron chi connectivity index (χ2n) is 5.07. The van der Waals surface area contributed by atoms with Crippen LogP contribution in [0.25, 0.3) is 0 Å². The van der Waals surface area contributed by atoms with Crippen LogP contribution in [0.5, 0.6) is 0 Å². The molecule has 3 N–H and O–H groups in total. The van der Waals surface area contributed by atoms with Gasteiger partial charge in [0.2, 0.25) is 11.8 Å². The monoisotopic (exact) mass is 323 g/mol. The molecule has 0 spiro atoms. The molecule has 0 aromatic heterocycles. The number of nitrogens with two attached hydrogens (primary N) is 1. The molecule has 1 rings (SSSR count). The number of hydrogen-bond donors (Lipinski definition) is 2. The summed E-state index contributed by atoms with van der Waals surface area (Å²) in [5.74, 6) is -0.577. The van der Waals surface area contributed by atoms with Crippen LogP contribution < -0.4 is 11.1 Å². The predicted octanol–water partition coefficient (Wildman–Crippen LogP) is 0.709. The number of methoxy groups -OCH3 is 2. The van der Waals surface area contributed by atoms with Crippen LogP contribution in [-0.4, -0.2) is 63.8 Å². The highest BCUT2D eigenvalue weighted by Gasteiger charge is 2.09. The second-order valence-corrected chi connectivity index (χ2v) is 5.07. The molecule has 7 heteroatoms. The van der Waals surface area contributed by atoms with Gasteiger partial charge in [0.05, 0.1) is 13.2 Å². The maximum atomic E-state index is 12.0. The van der Waals surface area contributed by atoms with Crippen molar-refractivity contribution in [1.29, 1.82) is 0 Å². The summed E-state index contributed by atoms with van der Waals surface area (Å²) in [7, 11) is 3.30. The highest BCUT2D eigenvalue weighted by atomic mass is 16.5. The standard InChI is InChI=1S/C16H25N3O4/c1-22-11-9-19(10-12-23-2)8-7-15(20)18-14-5-3-13(4-6-14)16(17)21/h3-6H,7-12H2,1-2H3,(H2,17,21)(H,18,20). The van der Waals surface area contributed by atoms with Gasteiger partial charge in [-0.05, 0) is 24.3 Å². The van der Waals surface area contributed by atoms with Crippen LogP contribution in [0.2, 0.25) is 0 Å². The Kier molecular flexibility index (Phi) is 8.89. The molecule has 0 saturated heterocycles. The van der Waals surface area contributed by atoms with Gasteiger partial charge in [-0.25, -0.2) is 0 Å². The van der Waals surface area contributed by atoms with Gasteiger partial charge < -0.3 is 20.5 Å². The van der Waals surface area contributed by atoms with Gasteiger partial charge in [-0.3, -0.25) is 14.5 Å². The molecule has 7 nitrogen and oxygen atoms in total. The van der Waals surface area contributed by atoms with E-state index in [1.54, 1.807) is 38.5 Å². The van der Waals surface area contributed by atoms with Crippen LogP contribution in [0, 0.1) is 0 Å². The third-order valence-corrected chi connectivity index (χ3v) is 3.33. The topological polar surface area (TPSA) is 93.9 Å². The first-order valence-corrected chi connectivity index (χ1v) is 7.46. The molecule has 128 valence electrons. The van der Waals surface area contributed by atoms with Crippen molar-refractivity contribution in [1.82, 2.24) is 4.90 Å². The van der Waals surface area contributed by atoms with Crippen LogP contribution in [-0.2, 0) is 14.3 Å². The number of ether oxygens (including phenoxy) is 2. The summed E-state index contributed by atoms with van der Waals surface area (Å²) in [6, 6.07) is 6.49. The molecule has 0 atom stereocenters. The first-order valence-electron chi connectivity index (χ1n) is 7.46. The summed E-state index contributed by atoms with van der Waals surface area (Å²) >= 11 is 0. The SMILES string of the molecule is COCCN(CCOC)CCC(=O)Nc1ccc(C(N)=O)cc1. The number of hydrogen-bond acceptors (Lipinski definition) is 5. The Morgan fingerprint density at radius 2 is 1.61 bits per heavy atom. The van der Waals surface area contributed by atoms with E-state index in [4.69, 9.17) is 15.2 Å². The number of benzene rings is 1. The zero-order valence-electron chi connectivity index (χ0n) is 13.7. The molecule has 0 unspecified atom stereocenters. The van der Waals surface area contributed by atoms with Crippen LogP contribution in [0.1, 0.15) is 16.8 Å². The van der Waals surface area contributed by atoms with Gasteiger partial charge in [0.15, 0.2) is 0 Å². The third kappa shape index (κ3) is 7.73. The van der Waals surface area contributed by atoms with Gasteiger partial charge in [-0.2, -0.15) is 0 Å². The van der Waals surface area contributed by atoms with E-state index in [0.717, 1.165) is 13.1 Å². The van der Waals surface area contributed by atoms with Crippen molar-refractivity contribution in [3.8, 4) is 0 Å². The quantitative estimate of drug-likeness (QED) is 0.625. The van der Waals surface area contributed by atoms with E-state index in [2.05, 4.69) is 10.2 Å². The molecular weight excluding hydrogens is 298 g/mol. The number of nitrogens with one attached hydrogen (secondary N) is 1. The zero-order chi connectivity index (χ0) is 17.1. The third-order valence-electron chi connectivity index (χ3n) is 3.33. The van der Waals surface area contributed by atoms with E-state index in [1.165, 1.54) is 0 Å². The second kappa shape index (κ2) is 10.7. The maximum Gasteiger partial charge on any atom is 0.248 e. The van der Waals surface area contributed by atoms with Crippen molar-refractivity contribution >= 4 is 17.5 Å². The molecule has 1 aromatic rings. The van der Waals surface area contributed by atoms with Crippen molar-refractivity contribution in [3.05, 3.63) is 29.8 Å². The number of nitrogens with zero attached hydrogens (tertiary/aromatic N) is 1. The number of rotatable bonds is 11. The van der Waals surface area contributed by atoms with Gasteiger partial charge >= 0.3 is 0 Å². The van der Waals surface area contributed by atoms with E-state index >= 15 is 0 Å². The Morgan fingerprint density at radius 1 is 1.04 bits per heavy atom. The van der Waals surface area contributed by atoms with Gasteiger partial charge in [-0.1, -0.05) is 0 Å². The van der Waals surface area contributed by atoms with E-state index < -0.39 is 5.91 Å². The van der Waals surface area contributed by atoms with Crippen LogP contribution in [0.4, 0.5) is 5.69 Å². The lowest BCUT2D eigenvalue weighted by molar-refractivity contribution is -0.116. The molecule has 0 aliphatic rings. The van der Waals surface area contributed by atoms with Crippen LogP contribution in [0.15, 0.2) is 24.3 Å². The lowest BCUT2D eigenvalue weighted by Crippen LogP contribution is -2.33. The van der Waals surface area contributed by atoms with Crippen molar-refractivity contribution in [2.24, 2.45) is 5.73 Å². The Hall–Kier alpha value is -1.96. The fraction of sp³-hybridized carbons (Fsp3) is 0.500. The molecule has 0 radical (unpaired) electrons. The smallest absolute Gasteiger partial charge is 0.248 e. The number of primary amides is 1. The van der Waals surface area contributed by atoms with Crippen molar-refractivity contribution in [3.63, 3.8) is 0 Å². The summed E-state index contributed by atoms with van der Waals surface area (Å²) < 4.78 is 10.1. The van der Waals surface area contributed by atoms with Gasteiger partial charge in [0, 0.05) is 51.5 Å². The predicted molar refractivity (Wildman–Crippen MR) is 88.4 cm³/mol. The highest BCUT2D eigenvalue weighted by Crippen LogP contribution is 2.09. The summed E-state index contributed by atoms with van der Waals surface area (Å²) in [5.41, 5.74) is 6.22. The van der Waals surface area contributed by atoms with Gasteiger partial charge in [-0.15, -0.1) is 0 Å². The van der Waals surface area contributed by atoms with E-state index in [9.17, 15) is 9.59 Å². The molecule has 1 aromatic carbocycles. The Labute approximate surface area is 136 Å². The number of carbonyl (C=O) groups is 2. The van der Waals surface area contributed by atoms with Crippen LogP contribution >= 0.6 is 0 Å². The number of anilines is 1. The summed E-state index contributed by atoms with van der Waals surface area (Å²) in [6.45, 7) is 3.35. The zero-order valence-corrected chi connectivity index (χ0v) is 13.7. The molecule has 0 saturated carbocycles. The molecule has 2 amide bonds. The molecule has 0 heterocycles. The molecule has 0 aliphatic carbocycles. The molecule has 23 heavy (non-hydrogen) atoms. The van der Waals surface area contributed by atoms with E-state index in [-0.39, 0.29) is 5.91 Å².